The molecule has 0 spiro atoms. The van der Waals surface area contributed by atoms with Gasteiger partial charge in [-0.25, -0.2) is 0 Å². The maximum atomic E-state index is 5.59. The van der Waals surface area contributed by atoms with Crippen molar-refractivity contribution in [2.45, 2.75) is 57.5 Å². The van der Waals surface area contributed by atoms with Crippen LogP contribution in [0.5, 0.6) is 0 Å². The van der Waals surface area contributed by atoms with Gasteiger partial charge >= 0.3 is 0 Å². The Morgan fingerprint density at radius 1 is 1.25 bits per heavy atom. The normalized spacial score (nSPS) is 20.6. The molecule has 1 fully saturated rings. The van der Waals surface area contributed by atoms with Crippen LogP contribution in [0, 0.1) is 0 Å². The lowest BCUT2D eigenvalue weighted by Crippen LogP contribution is -2.31. The minimum atomic E-state index is 0.276. The molecule has 16 heavy (non-hydrogen) atoms. The molecule has 0 aliphatic heterocycles. The molecule has 0 radical (unpaired) electrons. The first-order chi connectivity index (χ1) is 7.75. The first-order valence-corrected chi connectivity index (χ1v) is 6.92. The highest BCUT2D eigenvalue weighted by Gasteiger charge is 2.17. The maximum absolute atomic E-state index is 5.59. The number of nitrogens with two attached hydrogens (primary N) is 1. The number of rotatable bonds is 3. The van der Waals surface area contributed by atoms with Crippen LogP contribution >= 0.6 is 11.3 Å². The smallest absolute Gasteiger partial charge is 0.203 e. The number of nitrogens with one attached hydrogen (secondary N) is 1. The van der Waals surface area contributed by atoms with E-state index >= 15 is 0 Å². The molecule has 5 heteroatoms. The summed E-state index contributed by atoms with van der Waals surface area (Å²) in [6, 6.07) is 0.917. The highest BCUT2D eigenvalue weighted by Crippen LogP contribution is 2.23. The van der Waals surface area contributed by atoms with Gasteiger partial charge in [0.1, 0.15) is 5.01 Å². The van der Waals surface area contributed by atoms with E-state index in [4.69, 9.17) is 5.73 Å². The maximum Gasteiger partial charge on any atom is 0.203 e. The minimum absolute atomic E-state index is 0.276. The Bertz CT molecular complexity index is 318. The first-order valence-electron chi connectivity index (χ1n) is 6.10. The van der Waals surface area contributed by atoms with E-state index in [9.17, 15) is 0 Å². The monoisotopic (exact) mass is 240 g/mol. The van der Waals surface area contributed by atoms with Gasteiger partial charge in [0.25, 0.3) is 0 Å². The van der Waals surface area contributed by atoms with Gasteiger partial charge in [-0.05, 0) is 19.8 Å². The molecule has 1 saturated carbocycles. The summed E-state index contributed by atoms with van der Waals surface area (Å²) in [6.07, 6.45) is 8.05. The molecule has 0 saturated heterocycles. The van der Waals surface area contributed by atoms with Crippen LogP contribution in [0.4, 0.5) is 5.13 Å². The van der Waals surface area contributed by atoms with Crippen LogP contribution in [0.15, 0.2) is 0 Å². The number of hydrogen-bond donors (Lipinski definition) is 2. The van der Waals surface area contributed by atoms with Gasteiger partial charge in [-0.15, -0.1) is 10.2 Å². The predicted octanol–water partition coefficient (Wildman–Crippen LogP) is 2.49. The van der Waals surface area contributed by atoms with Crippen molar-refractivity contribution in [2.75, 3.05) is 5.73 Å². The number of anilines is 1. The number of hydrogen-bond acceptors (Lipinski definition) is 5. The van der Waals surface area contributed by atoms with E-state index in [1.807, 2.05) is 0 Å². The molecule has 3 N–H and O–H groups in total. The molecular formula is C11H20N4S. The molecule has 1 aromatic rings. The summed E-state index contributed by atoms with van der Waals surface area (Å²) in [5, 5.41) is 13.1. The minimum Gasteiger partial charge on any atom is -0.374 e. The van der Waals surface area contributed by atoms with Crippen LogP contribution in [-0.4, -0.2) is 16.2 Å². The van der Waals surface area contributed by atoms with Crippen molar-refractivity contribution in [3.63, 3.8) is 0 Å². The van der Waals surface area contributed by atoms with Crippen LogP contribution in [0.1, 0.15) is 56.5 Å². The second-order valence-electron chi connectivity index (χ2n) is 4.56. The van der Waals surface area contributed by atoms with Gasteiger partial charge in [0, 0.05) is 6.04 Å². The fourth-order valence-electron chi connectivity index (χ4n) is 2.29. The lowest BCUT2D eigenvalue weighted by molar-refractivity contribution is 0.412. The van der Waals surface area contributed by atoms with E-state index < -0.39 is 0 Å². The Morgan fingerprint density at radius 2 is 1.94 bits per heavy atom. The van der Waals surface area contributed by atoms with Gasteiger partial charge < -0.3 is 11.1 Å². The fourth-order valence-corrected chi connectivity index (χ4v) is 2.91. The molecule has 1 aliphatic carbocycles. The fraction of sp³-hybridized carbons (Fsp3) is 0.818. The summed E-state index contributed by atoms with van der Waals surface area (Å²) >= 11 is 1.48. The lowest BCUT2D eigenvalue weighted by Gasteiger charge is -2.20. The largest absolute Gasteiger partial charge is 0.374 e. The highest BCUT2D eigenvalue weighted by molar-refractivity contribution is 7.15. The van der Waals surface area contributed by atoms with Crippen LogP contribution in [0.2, 0.25) is 0 Å². The molecule has 1 heterocycles. The van der Waals surface area contributed by atoms with Crippen molar-refractivity contribution in [1.29, 1.82) is 0 Å². The summed E-state index contributed by atoms with van der Waals surface area (Å²) in [5.41, 5.74) is 5.59. The van der Waals surface area contributed by atoms with Crippen molar-refractivity contribution in [1.82, 2.24) is 15.5 Å². The van der Waals surface area contributed by atoms with Crippen molar-refractivity contribution in [3.05, 3.63) is 5.01 Å². The summed E-state index contributed by atoms with van der Waals surface area (Å²) in [7, 11) is 0. The van der Waals surface area contributed by atoms with E-state index in [0.29, 0.717) is 11.2 Å². The Hall–Kier alpha value is -0.680. The molecule has 1 atom stereocenters. The van der Waals surface area contributed by atoms with Crippen LogP contribution in [0.25, 0.3) is 0 Å². The molecule has 1 aromatic heterocycles. The van der Waals surface area contributed by atoms with Crippen molar-refractivity contribution < 1.29 is 0 Å². The summed E-state index contributed by atoms with van der Waals surface area (Å²) in [4.78, 5) is 0. The third-order valence-corrected chi connectivity index (χ3v) is 4.10. The summed E-state index contributed by atoms with van der Waals surface area (Å²) < 4.78 is 0. The second-order valence-corrected chi connectivity index (χ2v) is 5.60. The molecule has 90 valence electrons. The zero-order valence-electron chi connectivity index (χ0n) is 9.78. The molecule has 0 unspecified atom stereocenters. The molecule has 0 amide bonds. The zero-order valence-corrected chi connectivity index (χ0v) is 10.6. The van der Waals surface area contributed by atoms with Gasteiger partial charge in [-0.3, -0.25) is 0 Å². The van der Waals surface area contributed by atoms with Crippen molar-refractivity contribution in [2.24, 2.45) is 0 Å². The Balaban J connectivity index is 1.88. The SMILES string of the molecule is C[C@@H](NC1CCCCCC1)c1nnc(N)s1. The third-order valence-electron chi connectivity index (χ3n) is 3.17. The topological polar surface area (TPSA) is 63.8 Å². The van der Waals surface area contributed by atoms with E-state index in [2.05, 4.69) is 22.4 Å². The zero-order chi connectivity index (χ0) is 11.4. The molecule has 1 aliphatic rings. The van der Waals surface area contributed by atoms with Crippen molar-refractivity contribution >= 4 is 16.5 Å². The second kappa shape index (κ2) is 5.59. The molecular weight excluding hydrogens is 220 g/mol. The first kappa shape index (κ1) is 11.8. The molecule has 2 rings (SSSR count). The molecule has 0 aromatic carbocycles. The van der Waals surface area contributed by atoms with E-state index in [0.717, 1.165) is 5.01 Å². The van der Waals surface area contributed by atoms with Gasteiger partial charge in [0.2, 0.25) is 5.13 Å². The Kier molecular flexibility index (Phi) is 4.12. The predicted molar refractivity (Wildman–Crippen MR) is 67.4 cm³/mol. The highest BCUT2D eigenvalue weighted by atomic mass is 32.1. The van der Waals surface area contributed by atoms with E-state index in [-0.39, 0.29) is 6.04 Å². The standard InChI is InChI=1S/C11H20N4S/c1-8(10-14-15-11(12)16-10)13-9-6-4-2-3-5-7-9/h8-9,13H,2-7H2,1H3,(H2,12,15)/t8-/m1/s1. The van der Waals surface area contributed by atoms with Crippen LogP contribution in [-0.2, 0) is 0 Å². The van der Waals surface area contributed by atoms with E-state index in [1.165, 1.54) is 49.9 Å². The lowest BCUT2D eigenvalue weighted by atomic mass is 10.1. The average molecular weight is 240 g/mol. The van der Waals surface area contributed by atoms with Gasteiger partial charge in [-0.2, -0.15) is 0 Å². The van der Waals surface area contributed by atoms with Gasteiger partial charge in [-0.1, -0.05) is 37.0 Å². The number of aromatic nitrogens is 2. The quantitative estimate of drug-likeness (QED) is 0.797. The number of nitrogen functional groups attached to an aromatic ring is 1. The van der Waals surface area contributed by atoms with Crippen LogP contribution < -0.4 is 11.1 Å². The van der Waals surface area contributed by atoms with Crippen LogP contribution in [0.3, 0.4) is 0 Å². The van der Waals surface area contributed by atoms with E-state index in [1.54, 1.807) is 0 Å². The van der Waals surface area contributed by atoms with Gasteiger partial charge in [0.05, 0.1) is 6.04 Å². The van der Waals surface area contributed by atoms with Gasteiger partial charge in [0.15, 0.2) is 0 Å². The third kappa shape index (κ3) is 3.15. The molecule has 0 bridgehead atoms. The molecule has 4 nitrogen and oxygen atoms in total. The number of nitrogens with zero attached hydrogens (tertiary/aromatic N) is 2. The summed E-state index contributed by atoms with van der Waals surface area (Å²) in [5.74, 6) is 0. The Labute approximate surface area is 101 Å². The van der Waals surface area contributed by atoms with Crippen molar-refractivity contribution in [3.8, 4) is 0 Å². The summed E-state index contributed by atoms with van der Waals surface area (Å²) in [6.45, 7) is 2.14. The average Bonchev–Trinajstić information content (AvgIpc) is 2.54. The Morgan fingerprint density at radius 3 is 2.50 bits per heavy atom.